The quantitative estimate of drug-likeness (QED) is 0.857. The minimum absolute atomic E-state index is 0.532. The second-order valence-electron chi connectivity index (χ2n) is 5.32. The summed E-state index contributed by atoms with van der Waals surface area (Å²) < 4.78 is 5.17. The molecular formula is C15H25N3O. The zero-order valence-electron chi connectivity index (χ0n) is 12.1. The van der Waals surface area contributed by atoms with Crippen LogP contribution in [0.15, 0.2) is 12.4 Å². The first-order chi connectivity index (χ1) is 9.33. The van der Waals surface area contributed by atoms with Crippen LogP contribution in [0.4, 0.5) is 0 Å². The summed E-state index contributed by atoms with van der Waals surface area (Å²) in [6, 6.07) is 2.48. The molecule has 0 aromatic carbocycles. The van der Waals surface area contributed by atoms with Crippen LogP contribution in [0, 0.1) is 5.92 Å². The van der Waals surface area contributed by atoms with Gasteiger partial charge in [-0.3, -0.25) is 0 Å². The molecule has 0 saturated heterocycles. The van der Waals surface area contributed by atoms with E-state index < -0.39 is 0 Å². The van der Waals surface area contributed by atoms with E-state index in [0.717, 1.165) is 24.6 Å². The van der Waals surface area contributed by atoms with E-state index >= 15 is 0 Å². The summed E-state index contributed by atoms with van der Waals surface area (Å²) in [6.07, 6.45) is 9.41. The van der Waals surface area contributed by atoms with Crippen molar-refractivity contribution in [3.05, 3.63) is 18.1 Å². The lowest BCUT2D eigenvalue weighted by molar-refractivity contribution is 0.268. The van der Waals surface area contributed by atoms with Crippen LogP contribution < -0.4 is 10.1 Å². The summed E-state index contributed by atoms with van der Waals surface area (Å²) >= 11 is 0. The minimum atomic E-state index is 0.532. The maximum Gasteiger partial charge on any atom is 0.216 e. The lowest BCUT2D eigenvalue weighted by Crippen LogP contribution is -2.39. The Hall–Kier alpha value is -1.16. The van der Waals surface area contributed by atoms with E-state index in [1.54, 1.807) is 13.4 Å². The Morgan fingerprint density at radius 1 is 1.32 bits per heavy atom. The van der Waals surface area contributed by atoms with E-state index in [2.05, 4.69) is 22.2 Å². The predicted molar refractivity (Wildman–Crippen MR) is 76.3 cm³/mol. The zero-order valence-corrected chi connectivity index (χ0v) is 12.1. The fourth-order valence-electron chi connectivity index (χ4n) is 3.03. The summed E-state index contributed by atoms with van der Waals surface area (Å²) in [4.78, 5) is 8.44. The third-order valence-corrected chi connectivity index (χ3v) is 4.02. The molecule has 1 atom stereocenters. The molecule has 4 heteroatoms. The maximum absolute atomic E-state index is 5.17. The van der Waals surface area contributed by atoms with Gasteiger partial charge >= 0.3 is 0 Å². The Labute approximate surface area is 116 Å². The molecule has 0 bridgehead atoms. The standard InChI is InChI=1S/C15H25N3O/c1-3-16-14(12-7-5-4-6-8-12)9-13-10-15(19-2)18-11-17-13/h10-12,14,16H,3-9H2,1-2H3. The van der Waals surface area contributed by atoms with Crippen molar-refractivity contribution in [2.45, 2.75) is 51.5 Å². The maximum atomic E-state index is 5.17. The summed E-state index contributed by atoms with van der Waals surface area (Å²) in [5.41, 5.74) is 1.07. The highest BCUT2D eigenvalue weighted by atomic mass is 16.5. The van der Waals surface area contributed by atoms with E-state index in [4.69, 9.17) is 4.74 Å². The number of hydrogen-bond donors (Lipinski definition) is 1. The molecular weight excluding hydrogens is 238 g/mol. The molecule has 1 fully saturated rings. The van der Waals surface area contributed by atoms with Crippen LogP contribution in [0.5, 0.6) is 5.88 Å². The Morgan fingerprint density at radius 3 is 2.79 bits per heavy atom. The van der Waals surface area contributed by atoms with Gasteiger partial charge in [-0.2, -0.15) is 0 Å². The molecule has 1 unspecified atom stereocenters. The highest BCUT2D eigenvalue weighted by Gasteiger charge is 2.23. The topological polar surface area (TPSA) is 47.0 Å². The predicted octanol–water partition coefficient (Wildman–Crippen LogP) is 2.59. The average molecular weight is 263 g/mol. The number of hydrogen-bond acceptors (Lipinski definition) is 4. The highest BCUT2D eigenvalue weighted by Crippen LogP contribution is 2.28. The second kappa shape index (κ2) is 7.43. The average Bonchev–Trinajstić information content (AvgIpc) is 2.48. The summed E-state index contributed by atoms with van der Waals surface area (Å²) in [5, 5.41) is 3.64. The first-order valence-corrected chi connectivity index (χ1v) is 7.41. The van der Waals surface area contributed by atoms with E-state index in [0.29, 0.717) is 11.9 Å². The van der Waals surface area contributed by atoms with Crippen molar-refractivity contribution >= 4 is 0 Å². The third-order valence-electron chi connectivity index (χ3n) is 4.02. The van der Waals surface area contributed by atoms with Gasteiger partial charge in [-0.25, -0.2) is 9.97 Å². The van der Waals surface area contributed by atoms with E-state index in [1.165, 1.54) is 32.1 Å². The molecule has 1 aromatic heterocycles. The summed E-state index contributed by atoms with van der Waals surface area (Å²) in [6.45, 7) is 3.19. The normalized spacial score (nSPS) is 18.2. The van der Waals surface area contributed by atoms with E-state index in [9.17, 15) is 0 Å². The molecule has 0 radical (unpaired) electrons. The van der Waals surface area contributed by atoms with Crippen molar-refractivity contribution < 1.29 is 4.74 Å². The lowest BCUT2D eigenvalue weighted by Gasteiger charge is -2.30. The van der Waals surface area contributed by atoms with Crippen LogP contribution >= 0.6 is 0 Å². The van der Waals surface area contributed by atoms with Crippen molar-refractivity contribution in [3.63, 3.8) is 0 Å². The highest BCUT2D eigenvalue weighted by molar-refractivity contribution is 5.14. The SMILES string of the molecule is CCNC(Cc1cc(OC)ncn1)C1CCCCC1. The van der Waals surface area contributed by atoms with Gasteiger partial charge in [0.1, 0.15) is 6.33 Å². The molecule has 1 aromatic rings. The van der Waals surface area contributed by atoms with Crippen molar-refractivity contribution in [1.29, 1.82) is 0 Å². The number of nitrogens with zero attached hydrogens (tertiary/aromatic N) is 2. The number of aromatic nitrogens is 2. The Bertz CT molecular complexity index is 377. The third kappa shape index (κ3) is 4.16. The smallest absolute Gasteiger partial charge is 0.216 e. The fourth-order valence-corrected chi connectivity index (χ4v) is 3.03. The molecule has 2 rings (SSSR count). The number of ether oxygens (including phenoxy) is 1. The molecule has 1 heterocycles. The summed E-state index contributed by atoms with van der Waals surface area (Å²) in [5.74, 6) is 1.44. The molecule has 1 aliphatic carbocycles. The number of methoxy groups -OCH3 is 1. The van der Waals surface area contributed by atoms with Gasteiger partial charge in [-0.05, 0) is 25.3 Å². The monoisotopic (exact) mass is 263 g/mol. The van der Waals surface area contributed by atoms with Gasteiger partial charge in [-0.15, -0.1) is 0 Å². The Morgan fingerprint density at radius 2 is 2.11 bits per heavy atom. The molecule has 0 amide bonds. The zero-order chi connectivity index (χ0) is 13.5. The van der Waals surface area contributed by atoms with E-state index in [-0.39, 0.29) is 0 Å². The van der Waals surface area contributed by atoms with Crippen LogP contribution in [-0.2, 0) is 6.42 Å². The van der Waals surface area contributed by atoms with Crippen LogP contribution in [-0.4, -0.2) is 29.7 Å². The number of nitrogens with one attached hydrogen (secondary N) is 1. The molecule has 4 nitrogen and oxygen atoms in total. The Kier molecular flexibility index (Phi) is 5.58. The van der Waals surface area contributed by atoms with Crippen molar-refractivity contribution in [2.24, 2.45) is 5.92 Å². The molecule has 1 saturated carbocycles. The second-order valence-corrected chi connectivity index (χ2v) is 5.32. The molecule has 0 aliphatic heterocycles. The van der Waals surface area contributed by atoms with Crippen LogP contribution in [0.1, 0.15) is 44.7 Å². The molecule has 106 valence electrons. The van der Waals surface area contributed by atoms with Gasteiger partial charge in [0.15, 0.2) is 0 Å². The number of likely N-dealkylation sites (N-methyl/N-ethyl adjacent to an activating group) is 1. The van der Waals surface area contributed by atoms with Gasteiger partial charge in [0.05, 0.1) is 7.11 Å². The van der Waals surface area contributed by atoms with Crippen molar-refractivity contribution in [1.82, 2.24) is 15.3 Å². The van der Waals surface area contributed by atoms with Crippen LogP contribution in [0.2, 0.25) is 0 Å². The van der Waals surface area contributed by atoms with Gasteiger partial charge < -0.3 is 10.1 Å². The molecule has 19 heavy (non-hydrogen) atoms. The van der Waals surface area contributed by atoms with Gasteiger partial charge in [0, 0.05) is 24.2 Å². The molecule has 1 aliphatic rings. The van der Waals surface area contributed by atoms with Gasteiger partial charge in [0.2, 0.25) is 5.88 Å². The fraction of sp³-hybridized carbons (Fsp3) is 0.733. The number of rotatable bonds is 6. The van der Waals surface area contributed by atoms with Crippen molar-refractivity contribution in [3.8, 4) is 5.88 Å². The summed E-state index contributed by atoms with van der Waals surface area (Å²) in [7, 11) is 1.65. The first kappa shape index (κ1) is 14.3. The largest absolute Gasteiger partial charge is 0.481 e. The lowest BCUT2D eigenvalue weighted by atomic mass is 9.82. The van der Waals surface area contributed by atoms with E-state index in [1.807, 2.05) is 6.07 Å². The van der Waals surface area contributed by atoms with Crippen molar-refractivity contribution in [2.75, 3.05) is 13.7 Å². The van der Waals surface area contributed by atoms with Gasteiger partial charge in [0.25, 0.3) is 0 Å². The Balaban J connectivity index is 2.01. The van der Waals surface area contributed by atoms with Crippen LogP contribution in [0.25, 0.3) is 0 Å². The first-order valence-electron chi connectivity index (χ1n) is 7.41. The minimum Gasteiger partial charge on any atom is -0.481 e. The van der Waals surface area contributed by atoms with Gasteiger partial charge in [-0.1, -0.05) is 26.2 Å². The molecule has 0 spiro atoms. The van der Waals surface area contributed by atoms with Crippen LogP contribution in [0.3, 0.4) is 0 Å². The molecule has 1 N–H and O–H groups in total.